The minimum Gasteiger partial charge on any atom is -0.382 e. The standard InChI is InChI=1S/C15H14N6/c1-21-9-7-11(20-21)6-8-17-15-12-4-2-3-5-13(12)18-19-14(15)10-16/h2-5,7,9H,6,8H2,1H3,(H,17,18). The van der Waals surface area contributed by atoms with Crippen molar-refractivity contribution in [3.05, 3.63) is 47.9 Å². The van der Waals surface area contributed by atoms with Gasteiger partial charge >= 0.3 is 0 Å². The highest BCUT2D eigenvalue weighted by Crippen LogP contribution is 2.23. The number of nitrogens with one attached hydrogen (secondary N) is 1. The van der Waals surface area contributed by atoms with Crippen LogP contribution in [0.25, 0.3) is 10.9 Å². The number of aromatic nitrogens is 4. The molecule has 0 atom stereocenters. The van der Waals surface area contributed by atoms with Gasteiger partial charge in [0.2, 0.25) is 0 Å². The van der Waals surface area contributed by atoms with Gasteiger partial charge < -0.3 is 5.32 Å². The van der Waals surface area contributed by atoms with E-state index in [2.05, 4.69) is 26.7 Å². The Hall–Kier alpha value is -2.94. The van der Waals surface area contributed by atoms with Crippen molar-refractivity contribution in [3.8, 4) is 6.07 Å². The summed E-state index contributed by atoms with van der Waals surface area (Å²) in [6.07, 6.45) is 2.70. The Balaban J connectivity index is 1.84. The number of rotatable bonds is 4. The first-order chi connectivity index (χ1) is 10.3. The minimum absolute atomic E-state index is 0.315. The fraction of sp³-hybridized carbons (Fsp3) is 0.200. The van der Waals surface area contributed by atoms with Gasteiger partial charge in [-0.25, -0.2) is 0 Å². The van der Waals surface area contributed by atoms with Gasteiger partial charge in [-0.05, 0) is 12.1 Å². The van der Waals surface area contributed by atoms with Crippen LogP contribution in [-0.2, 0) is 13.5 Å². The van der Waals surface area contributed by atoms with E-state index in [-0.39, 0.29) is 0 Å². The molecule has 2 aromatic heterocycles. The summed E-state index contributed by atoms with van der Waals surface area (Å²) in [5.41, 5.74) is 2.83. The molecule has 0 aliphatic heterocycles. The summed E-state index contributed by atoms with van der Waals surface area (Å²) in [6.45, 7) is 0.682. The Morgan fingerprint density at radius 1 is 1.24 bits per heavy atom. The monoisotopic (exact) mass is 278 g/mol. The smallest absolute Gasteiger partial charge is 0.186 e. The minimum atomic E-state index is 0.315. The molecule has 2 heterocycles. The summed E-state index contributed by atoms with van der Waals surface area (Å²) >= 11 is 0. The molecule has 3 aromatic rings. The van der Waals surface area contributed by atoms with Crippen LogP contribution in [0.2, 0.25) is 0 Å². The van der Waals surface area contributed by atoms with Gasteiger partial charge in [-0.15, -0.1) is 10.2 Å². The van der Waals surface area contributed by atoms with Crippen LogP contribution >= 0.6 is 0 Å². The molecule has 0 unspecified atom stereocenters. The first kappa shape index (κ1) is 13.1. The van der Waals surface area contributed by atoms with Crippen LogP contribution in [0.5, 0.6) is 0 Å². The molecule has 6 nitrogen and oxygen atoms in total. The van der Waals surface area contributed by atoms with Crippen molar-refractivity contribution in [2.45, 2.75) is 6.42 Å². The van der Waals surface area contributed by atoms with Gasteiger partial charge in [0.25, 0.3) is 0 Å². The zero-order valence-corrected chi connectivity index (χ0v) is 11.6. The molecule has 0 aliphatic rings. The molecule has 6 heteroatoms. The Bertz CT molecular complexity index is 814. The quantitative estimate of drug-likeness (QED) is 0.788. The van der Waals surface area contributed by atoms with Crippen molar-refractivity contribution in [2.24, 2.45) is 7.05 Å². The van der Waals surface area contributed by atoms with Crippen LogP contribution in [0.3, 0.4) is 0 Å². The summed E-state index contributed by atoms with van der Waals surface area (Å²) in [7, 11) is 1.89. The normalized spacial score (nSPS) is 10.5. The maximum absolute atomic E-state index is 9.19. The van der Waals surface area contributed by atoms with E-state index >= 15 is 0 Å². The molecular formula is C15H14N6. The van der Waals surface area contributed by atoms with Gasteiger partial charge in [-0.1, -0.05) is 18.2 Å². The number of benzene rings is 1. The lowest BCUT2D eigenvalue weighted by atomic mass is 10.1. The highest BCUT2D eigenvalue weighted by Gasteiger charge is 2.09. The maximum Gasteiger partial charge on any atom is 0.186 e. The van der Waals surface area contributed by atoms with Crippen LogP contribution in [-0.4, -0.2) is 26.5 Å². The molecular weight excluding hydrogens is 264 g/mol. The maximum atomic E-state index is 9.19. The van der Waals surface area contributed by atoms with Gasteiger partial charge in [0.1, 0.15) is 6.07 Å². The summed E-state index contributed by atoms with van der Waals surface area (Å²) < 4.78 is 1.78. The number of nitriles is 1. The average molecular weight is 278 g/mol. The largest absolute Gasteiger partial charge is 0.382 e. The molecule has 0 spiro atoms. The number of aryl methyl sites for hydroxylation is 1. The highest BCUT2D eigenvalue weighted by molar-refractivity contribution is 5.92. The van der Waals surface area contributed by atoms with E-state index in [0.717, 1.165) is 28.7 Å². The predicted octanol–water partition coefficient (Wildman–Crippen LogP) is 1.89. The molecule has 0 amide bonds. The zero-order valence-electron chi connectivity index (χ0n) is 11.6. The van der Waals surface area contributed by atoms with Crippen LogP contribution in [0.4, 0.5) is 5.69 Å². The summed E-state index contributed by atoms with van der Waals surface area (Å²) in [6, 6.07) is 11.7. The second kappa shape index (κ2) is 5.59. The molecule has 3 rings (SSSR count). The van der Waals surface area contributed by atoms with E-state index in [1.54, 1.807) is 4.68 Å². The van der Waals surface area contributed by atoms with Crippen LogP contribution in [0.1, 0.15) is 11.4 Å². The summed E-state index contributed by atoms with van der Waals surface area (Å²) in [5, 5.41) is 25.7. The predicted molar refractivity (Wildman–Crippen MR) is 79.7 cm³/mol. The van der Waals surface area contributed by atoms with Crippen molar-refractivity contribution < 1.29 is 0 Å². The number of anilines is 1. The van der Waals surface area contributed by atoms with Crippen molar-refractivity contribution in [1.82, 2.24) is 20.0 Å². The van der Waals surface area contributed by atoms with Crippen molar-refractivity contribution in [3.63, 3.8) is 0 Å². The van der Waals surface area contributed by atoms with Gasteiger partial charge in [0.05, 0.1) is 16.9 Å². The summed E-state index contributed by atoms with van der Waals surface area (Å²) in [4.78, 5) is 0. The van der Waals surface area contributed by atoms with E-state index in [4.69, 9.17) is 0 Å². The highest BCUT2D eigenvalue weighted by atomic mass is 15.2. The van der Waals surface area contributed by atoms with Gasteiger partial charge in [-0.2, -0.15) is 10.4 Å². The molecule has 104 valence electrons. The fourth-order valence-corrected chi connectivity index (χ4v) is 2.22. The van der Waals surface area contributed by atoms with Gasteiger partial charge in [-0.3, -0.25) is 4.68 Å². The molecule has 0 radical (unpaired) electrons. The van der Waals surface area contributed by atoms with E-state index in [0.29, 0.717) is 12.2 Å². The molecule has 21 heavy (non-hydrogen) atoms. The Labute approximate surface area is 122 Å². The Morgan fingerprint density at radius 2 is 2.10 bits per heavy atom. The van der Waals surface area contributed by atoms with Gasteiger partial charge in [0.15, 0.2) is 5.69 Å². The lowest BCUT2D eigenvalue weighted by molar-refractivity contribution is 0.742. The van der Waals surface area contributed by atoms with Gasteiger partial charge in [0, 0.05) is 31.6 Å². The van der Waals surface area contributed by atoms with Crippen LogP contribution in [0, 0.1) is 11.3 Å². The molecule has 0 aliphatic carbocycles. The second-order valence-corrected chi connectivity index (χ2v) is 4.71. The van der Waals surface area contributed by atoms with E-state index in [1.807, 2.05) is 43.6 Å². The number of fused-ring (bicyclic) bond motifs is 1. The SMILES string of the molecule is Cn1ccc(CCNc2c(C#N)nnc3ccccc23)n1. The zero-order chi connectivity index (χ0) is 14.7. The Morgan fingerprint density at radius 3 is 2.86 bits per heavy atom. The summed E-state index contributed by atoms with van der Waals surface area (Å²) in [5.74, 6) is 0. The number of hydrogen-bond donors (Lipinski definition) is 1. The molecule has 0 bridgehead atoms. The lowest BCUT2D eigenvalue weighted by Gasteiger charge is -2.09. The third-order valence-electron chi connectivity index (χ3n) is 3.23. The lowest BCUT2D eigenvalue weighted by Crippen LogP contribution is -2.09. The molecule has 1 N–H and O–H groups in total. The van der Waals surface area contributed by atoms with Crippen LogP contribution in [0.15, 0.2) is 36.5 Å². The third kappa shape index (κ3) is 2.67. The first-order valence-corrected chi connectivity index (χ1v) is 6.66. The molecule has 0 saturated heterocycles. The van der Waals surface area contributed by atoms with E-state index < -0.39 is 0 Å². The average Bonchev–Trinajstić information content (AvgIpc) is 2.93. The third-order valence-corrected chi connectivity index (χ3v) is 3.23. The first-order valence-electron chi connectivity index (χ1n) is 6.66. The fourth-order valence-electron chi connectivity index (χ4n) is 2.22. The molecule has 0 saturated carbocycles. The molecule has 1 aromatic carbocycles. The van der Waals surface area contributed by atoms with E-state index in [9.17, 15) is 5.26 Å². The topological polar surface area (TPSA) is 79.4 Å². The van der Waals surface area contributed by atoms with Crippen molar-refractivity contribution in [2.75, 3.05) is 11.9 Å². The van der Waals surface area contributed by atoms with E-state index in [1.165, 1.54) is 0 Å². The molecule has 0 fully saturated rings. The Kier molecular flexibility index (Phi) is 3.48. The van der Waals surface area contributed by atoms with Crippen molar-refractivity contribution >= 4 is 16.6 Å². The van der Waals surface area contributed by atoms with Crippen LogP contribution < -0.4 is 5.32 Å². The number of nitrogens with zero attached hydrogens (tertiary/aromatic N) is 5. The number of hydrogen-bond acceptors (Lipinski definition) is 5. The second-order valence-electron chi connectivity index (χ2n) is 4.71. The van der Waals surface area contributed by atoms with Crippen molar-refractivity contribution in [1.29, 1.82) is 5.26 Å².